The molecule has 0 aliphatic rings. The van der Waals surface area contributed by atoms with E-state index in [9.17, 15) is 4.79 Å². The lowest BCUT2D eigenvalue weighted by molar-refractivity contribution is 0.0946. The Morgan fingerprint density at radius 3 is 2.65 bits per heavy atom. The Labute approximate surface area is 151 Å². The molecule has 0 fully saturated rings. The molecule has 0 spiro atoms. The molecule has 1 amide bonds. The van der Waals surface area contributed by atoms with Gasteiger partial charge in [-0.15, -0.1) is 0 Å². The topological polar surface area (TPSA) is 90.7 Å². The van der Waals surface area contributed by atoms with Crippen molar-refractivity contribution in [1.82, 2.24) is 15.3 Å². The van der Waals surface area contributed by atoms with Crippen molar-refractivity contribution in [3.8, 4) is 6.07 Å². The molecule has 0 atom stereocenters. The zero-order valence-corrected chi connectivity index (χ0v) is 14.2. The summed E-state index contributed by atoms with van der Waals surface area (Å²) in [5, 5.41) is 14.8. The highest BCUT2D eigenvalue weighted by Gasteiger charge is 2.09. The van der Waals surface area contributed by atoms with E-state index in [1.165, 1.54) is 6.33 Å². The molecule has 3 aromatic rings. The lowest BCUT2D eigenvalue weighted by Crippen LogP contribution is -2.24. The summed E-state index contributed by atoms with van der Waals surface area (Å²) in [6.45, 7) is 2.44. The maximum atomic E-state index is 12.3. The Bertz CT molecular complexity index is 960. The third-order valence-electron chi connectivity index (χ3n) is 3.72. The molecule has 3 rings (SSSR count). The van der Waals surface area contributed by atoms with Gasteiger partial charge in [-0.05, 0) is 36.8 Å². The number of hydrogen-bond acceptors (Lipinski definition) is 5. The van der Waals surface area contributed by atoms with E-state index in [-0.39, 0.29) is 11.6 Å². The van der Waals surface area contributed by atoms with Gasteiger partial charge in [0.1, 0.15) is 17.8 Å². The van der Waals surface area contributed by atoms with Crippen molar-refractivity contribution in [1.29, 1.82) is 5.26 Å². The van der Waals surface area contributed by atoms with Crippen LogP contribution in [-0.4, -0.2) is 15.9 Å². The van der Waals surface area contributed by atoms with Crippen LogP contribution in [0.1, 0.15) is 27.2 Å². The normalized spacial score (nSPS) is 10.0. The molecule has 0 unspecified atom stereocenters. The monoisotopic (exact) mass is 343 g/mol. The molecule has 1 aromatic heterocycles. The van der Waals surface area contributed by atoms with Crippen LogP contribution >= 0.6 is 0 Å². The lowest BCUT2D eigenvalue weighted by atomic mass is 10.1. The summed E-state index contributed by atoms with van der Waals surface area (Å²) >= 11 is 0. The molecule has 0 saturated carbocycles. The van der Waals surface area contributed by atoms with Crippen molar-refractivity contribution in [2.24, 2.45) is 0 Å². The maximum absolute atomic E-state index is 12.3. The fourth-order valence-electron chi connectivity index (χ4n) is 2.42. The summed E-state index contributed by atoms with van der Waals surface area (Å²) in [7, 11) is 0. The van der Waals surface area contributed by atoms with Gasteiger partial charge < -0.3 is 10.6 Å². The zero-order valence-electron chi connectivity index (χ0n) is 14.2. The minimum Gasteiger partial charge on any atom is -0.347 e. The summed E-state index contributed by atoms with van der Waals surface area (Å²) in [6, 6.07) is 18.6. The first-order chi connectivity index (χ1) is 12.6. The summed E-state index contributed by atoms with van der Waals surface area (Å²) in [5.74, 6) is 0.238. The third-order valence-corrected chi connectivity index (χ3v) is 3.72. The molecular weight excluding hydrogens is 326 g/mol. The molecule has 0 aliphatic carbocycles. The summed E-state index contributed by atoms with van der Waals surface area (Å²) in [4.78, 5) is 20.5. The highest BCUT2D eigenvalue weighted by molar-refractivity contribution is 5.92. The molecule has 1 heterocycles. The summed E-state index contributed by atoms with van der Waals surface area (Å²) in [5.41, 5.74) is 3.81. The molecule has 0 radical (unpaired) electrons. The van der Waals surface area contributed by atoms with Gasteiger partial charge in [-0.2, -0.15) is 5.26 Å². The number of aromatic nitrogens is 2. The van der Waals surface area contributed by atoms with Crippen molar-refractivity contribution in [2.75, 3.05) is 5.32 Å². The van der Waals surface area contributed by atoms with Gasteiger partial charge in [-0.25, -0.2) is 9.97 Å². The fraction of sp³-hybridized carbons (Fsp3) is 0.100. The second-order valence-electron chi connectivity index (χ2n) is 5.77. The van der Waals surface area contributed by atoms with Crippen molar-refractivity contribution in [3.05, 3.63) is 83.3 Å². The zero-order chi connectivity index (χ0) is 18.4. The van der Waals surface area contributed by atoms with Crippen LogP contribution in [-0.2, 0) is 6.54 Å². The lowest BCUT2D eigenvalue weighted by Gasteiger charge is -2.08. The number of amides is 1. The third kappa shape index (κ3) is 4.42. The van der Waals surface area contributed by atoms with E-state index < -0.39 is 0 Å². The van der Waals surface area contributed by atoms with Crippen molar-refractivity contribution >= 4 is 17.4 Å². The minimum absolute atomic E-state index is 0.267. The highest BCUT2D eigenvalue weighted by atomic mass is 16.1. The molecule has 128 valence electrons. The number of carbonyl (C=O) groups is 1. The number of nitriles is 1. The molecule has 6 nitrogen and oxygen atoms in total. The number of rotatable bonds is 5. The number of nitrogens with zero attached hydrogens (tertiary/aromatic N) is 3. The number of anilines is 2. The van der Waals surface area contributed by atoms with Gasteiger partial charge in [0.15, 0.2) is 0 Å². The highest BCUT2D eigenvalue weighted by Crippen LogP contribution is 2.15. The summed E-state index contributed by atoms with van der Waals surface area (Å²) in [6.07, 6.45) is 1.34. The number of hydrogen-bond donors (Lipinski definition) is 2. The van der Waals surface area contributed by atoms with E-state index in [1.54, 1.807) is 30.3 Å². The van der Waals surface area contributed by atoms with Gasteiger partial charge in [0.25, 0.3) is 5.91 Å². The minimum atomic E-state index is -0.267. The van der Waals surface area contributed by atoms with Crippen LogP contribution < -0.4 is 10.6 Å². The van der Waals surface area contributed by atoms with E-state index in [0.29, 0.717) is 17.9 Å². The number of benzene rings is 2. The Balaban J connectivity index is 1.66. The van der Waals surface area contributed by atoms with Crippen LogP contribution in [0.5, 0.6) is 0 Å². The Morgan fingerprint density at radius 1 is 1.12 bits per heavy atom. The van der Waals surface area contributed by atoms with Crippen LogP contribution in [0.4, 0.5) is 11.5 Å². The smallest absolute Gasteiger partial charge is 0.270 e. The van der Waals surface area contributed by atoms with E-state index in [1.807, 2.05) is 31.2 Å². The first kappa shape index (κ1) is 17.1. The van der Waals surface area contributed by atoms with Crippen LogP contribution in [0.25, 0.3) is 0 Å². The van der Waals surface area contributed by atoms with Gasteiger partial charge in [-0.1, -0.05) is 29.8 Å². The fourth-order valence-corrected chi connectivity index (χ4v) is 2.42. The van der Waals surface area contributed by atoms with Crippen LogP contribution in [0.3, 0.4) is 0 Å². The van der Waals surface area contributed by atoms with Crippen molar-refractivity contribution in [2.45, 2.75) is 13.5 Å². The maximum Gasteiger partial charge on any atom is 0.270 e. The molecular formula is C20H17N5O. The second-order valence-corrected chi connectivity index (χ2v) is 5.77. The standard InChI is InChI=1S/C20H17N5O/c1-14-3-2-4-16(9-14)12-22-20(26)18-10-19(24-13-23-18)25-17-7-5-15(11-21)6-8-17/h2-10,13H,12H2,1H3,(H,22,26)(H,23,24,25). The van der Waals surface area contributed by atoms with Gasteiger partial charge in [0.2, 0.25) is 0 Å². The Morgan fingerprint density at radius 2 is 1.92 bits per heavy atom. The van der Waals surface area contributed by atoms with Crippen LogP contribution in [0.2, 0.25) is 0 Å². The SMILES string of the molecule is Cc1cccc(CNC(=O)c2cc(Nc3ccc(C#N)cc3)ncn2)c1. The predicted octanol–water partition coefficient (Wildman–Crippen LogP) is 3.33. The van der Waals surface area contributed by atoms with E-state index in [2.05, 4.69) is 26.7 Å². The Hall–Kier alpha value is -3.72. The van der Waals surface area contributed by atoms with E-state index >= 15 is 0 Å². The molecule has 26 heavy (non-hydrogen) atoms. The van der Waals surface area contributed by atoms with Crippen molar-refractivity contribution in [3.63, 3.8) is 0 Å². The van der Waals surface area contributed by atoms with Crippen molar-refractivity contribution < 1.29 is 4.79 Å². The number of carbonyl (C=O) groups excluding carboxylic acids is 1. The van der Waals surface area contributed by atoms with Gasteiger partial charge in [0, 0.05) is 18.3 Å². The van der Waals surface area contributed by atoms with E-state index in [4.69, 9.17) is 5.26 Å². The van der Waals surface area contributed by atoms with Gasteiger partial charge in [-0.3, -0.25) is 4.79 Å². The molecule has 2 aromatic carbocycles. The first-order valence-corrected chi connectivity index (χ1v) is 8.07. The quantitative estimate of drug-likeness (QED) is 0.741. The summed E-state index contributed by atoms with van der Waals surface area (Å²) < 4.78 is 0. The van der Waals surface area contributed by atoms with Crippen LogP contribution in [0, 0.1) is 18.3 Å². The Kier molecular flexibility index (Phi) is 5.20. The molecule has 0 saturated heterocycles. The molecule has 6 heteroatoms. The molecule has 0 aliphatic heterocycles. The number of nitrogens with one attached hydrogen (secondary N) is 2. The largest absolute Gasteiger partial charge is 0.347 e. The molecule has 0 bridgehead atoms. The van der Waals surface area contributed by atoms with Gasteiger partial charge >= 0.3 is 0 Å². The van der Waals surface area contributed by atoms with Gasteiger partial charge in [0.05, 0.1) is 11.6 Å². The first-order valence-electron chi connectivity index (χ1n) is 8.07. The predicted molar refractivity (Wildman–Crippen MR) is 98.8 cm³/mol. The average Bonchev–Trinajstić information content (AvgIpc) is 2.67. The number of aryl methyl sites for hydroxylation is 1. The second kappa shape index (κ2) is 7.90. The average molecular weight is 343 g/mol. The van der Waals surface area contributed by atoms with E-state index in [0.717, 1.165) is 16.8 Å². The molecule has 2 N–H and O–H groups in total. The van der Waals surface area contributed by atoms with Crippen LogP contribution in [0.15, 0.2) is 60.9 Å².